The fourth-order valence-corrected chi connectivity index (χ4v) is 1.33. The van der Waals surface area contributed by atoms with Crippen LogP contribution in [-0.4, -0.2) is 15.7 Å². The van der Waals surface area contributed by atoms with Crippen LogP contribution >= 0.6 is 11.8 Å². The minimum atomic E-state index is -0.186. The van der Waals surface area contributed by atoms with Crippen molar-refractivity contribution in [3.8, 4) is 0 Å². The molecule has 1 aromatic rings. The molecule has 0 aromatic carbocycles. The number of aromatic amines is 1. The molecule has 0 saturated carbocycles. The van der Waals surface area contributed by atoms with E-state index >= 15 is 0 Å². The second-order valence-electron chi connectivity index (χ2n) is 2.25. The van der Waals surface area contributed by atoms with E-state index < -0.39 is 0 Å². The zero-order chi connectivity index (χ0) is 8.97. The zero-order valence-electron chi connectivity index (χ0n) is 6.83. The number of nitrogens with one attached hydrogen (secondary N) is 1. The first kappa shape index (κ1) is 9.12. The normalized spacial score (nSPS) is 10.1. The van der Waals surface area contributed by atoms with Gasteiger partial charge in [-0.2, -0.15) is 11.8 Å². The van der Waals surface area contributed by atoms with Crippen molar-refractivity contribution in [2.24, 2.45) is 0 Å². The van der Waals surface area contributed by atoms with Crippen LogP contribution in [0.5, 0.6) is 0 Å². The van der Waals surface area contributed by atoms with Crippen molar-refractivity contribution < 1.29 is 0 Å². The van der Waals surface area contributed by atoms with Gasteiger partial charge < -0.3 is 10.7 Å². The van der Waals surface area contributed by atoms with Crippen molar-refractivity contribution in [2.45, 2.75) is 12.7 Å². The van der Waals surface area contributed by atoms with Crippen LogP contribution in [-0.2, 0) is 5.75 Å². The molecule has 1 heterocycles. The Morgan fingerprint density at radius 2 is 2.50 bits per heavy atom. The molecule has 0 radical (unpaired) electrons. The summed E-state index contributed by atoms with van der Waals surface area (Å²) >= 11 is 1.69. The van der Waals surface area contributed by atoms with Gasteiger partial charge in [0.05, 0.1) is 5.75 Å². The lowest BCUT2D eigenvalue weighted by Gasteiger charge is -1.98. The summed E-state index contributed by atoms with van der Waals surface area (Å²) < 4.78 is 0. The lowest BCUT2D eigenvalue weighted by atomic mass is 10.5. The second-order valence-corrected chi connectivity index (χ2v) is 3.53. The molecule has 1 rings (SSSR count). The fraction of sp³-hybridized carbons (Fsp3) is 0.429. The highest BCUT2D eigenvalue weighted by atomic mass is 32.2. The Morgan fingerprint density at radius 3 is 3.08 bits per heavy atom. The standard InChI is InChI=1S/C7H11N3OS/c1-2-12-4-6-9-5(8)3-7(11)10-6/h3H,2,4H2,1H3,(H3,8,9,10,11). The maximum absolute atomic E-state index is 10.9. The van der Waals surface area contributed by atoms with Crippen LogP contribution in [0.15, 0.2) is 10.9 Å². The summed E-state index contributed by atoms with van der Waals surface area (Å²) in [6.45, 7) is 2.05. The SMILES string of the molecule is CCSCc1nc(N)cc(=O)[nH]1. The molecule has 4 nitrogen and oxygen atoms in total. The number of rotatable bonds is 3. The third-order valence-electron chi connectivity index (χ3n) is 1.25. The predicted octanol–water partition coefficient (Wildman–Crippen LogP) is 0.605. The molecule has 0 unspecified atom stereocenters. The highest BCUT2D eigenvalue weighted by Gasteiger charge is 1.97. The van der Waals surface area contributed by atoms with E-state index in [0.29, 0.717) is 11.6 Å². The quantitative estimate of drug-likeness (QED) is 0.723. The minimum Gasteiger partial charge on any atom is -0.383 e. The largest absolute Gasteiger partial charge is 0.383 e. The molecule has 0 amide bonds. The van der Waals surface area contributed by atoms with Crippen LogP contribution < -0.4 is 11.3 Å². The van der Waals surface area contributed by atoms with Crippen LogP contribution in [0.4, 0.5) is 5.82 Å². The average molecular weight is 185 g/mol. The van der Waals surface area contributed by atoms with Gasteiger partial charge in [-0.15, -0.1) is 0 Å². The van der Waals surface area contributed by atoms with Gasteiger partial charge >= 0.3 is 0 Å². The molecule has 0 bridgehead atoms. The van der Waals surface area contributed by atoms with Gasteiger partial charge in [0.25, 0.3) is 5.56 Å². The van der Waals surface area contributed by atoms with Gasteiger partial charge in [-0.25, -0.2) is 4.98 Å². The maximum Gasteiger partial charge on any atom is 0.252 e. The van der Waals surface area contributed by atoms with Crippen molar-refractivity contribution in [2.75, 3.05) is 11.5 Å². The number of hydrogen-bond donors (Lipinski definition) is 2. The topological polar surface area (TPSA) is 71.8 Å². The first-order valence-electron chi connectivity index (χ1n) is 3.66. The minimum absolute atomic E-state index is 0.186. The number of hydrogen-bond acceptors (Lipinski definition) is 4. The molecule has 12 heavy (non-hydrogen) atoms. The highest BCUT2D eigenvalue weighted by Crippen LogP contribution is 2.06. The Kier molecular flexibility index (Phi) is 3.16. The van der Waals surface area contributed by atoms with E-state index in [0.717, 1.165) is 5.75 Å². The summed E-state index contributed by atoms with van der Waals surface area (Å²) in [7, 11) is 0. The van der Waals surface area contributed by atoms with E-state index in [1.807, 2.05) is 0 Å². The third-order valence-corrected chi connectivity index (χ3v) is 2.14. The lowest BCUT2D eigenvalue weighted by molar-refractivity contribution is 1.01. The molecule has 0 saturated heterocycles. The number of nitrogens with zero attached hydrogens (tertiary/aromatic N) is 1. The van der Waals surface area contributed by atoms with E-state index in [-0.39, 0.29) is 11.4 Å². The van der Waals surface area contributed by atoms with Gasteiger partial charge in [0.2, 0.25) is 0 Å². The lowest BCUT2D eigenvalue weighted by Crippen LogP contribution is -2.11. The van der Waals surface area contributed by atoms with E-state index in [9.17, 15) is 4.79 Å². The smallest absolute Gasteiger partial charge is 0.252 e. The molecule has 0 spiro atoms. The first-order chi connectivity index (χ1) is 5.72. The second kappa shape index (κ2) is 4.15. The Hall–Kier alpha value is -0.970. The predicted molar refractivity (Wildman–Crippen MR) is 51.1 cm³/mol. The van der Waals surface area contributed by atoms with Crippen molar-refractivity contribution in [3.63, 3.8) is 0 Å². The number of anilines is 1. The van der Waals surface area contributed by atoms with Crippen LogP contribution in [0.2, 0.25) is 0 Å². The Labute approximate surface area is 74.6 Å². The van der Waals surface area contributed by atoms with Gasteiger partial charge in [0.15, 0.2) is 0 Å². The number of thioether (sulfide) groups is 1. The summed E-state index contributed by atoms with van der Waals surface area (Å²) in [6.07, 6.45) is 0. The van der Waals surface area contributed by atoms with E-state index in [1.165, 1.54) is 6.07 Å². The Morgan fingerprint density at radius 1 is 1.75 bits per heavy atom. The Balaban J connectivity index is 2.79. The molecule has 0 fully saturated rings. The number of nitrogen functional groups attached to an aromatic ring is 1. The molecule has 5 heteroatoms. The van der Waals surface area contributed by atoms with Gasteiger partial charge in [-0.1, -0.05) is 6.92 Å². The van der Waals surface area contributed by atoms with Gasteiger partial charge in [0.1, 0.15) is 11.6 Å². The number of aromatic nitrogens is 2. The van der Waals surface area contributed by atoms with Crippen molar-refractivity contribution in [1.29, 1.82) is 0 Å². The highest BCUT2D eigenvalue weighted by molar-refractivity contribution is 7.98. The van der Waals surface area contributed by atoms with Crippen molar-refractivity contribution >= 4 is 17.6 Å². The van der Waals surface area contributed by atoms with Crippen LogP contribution in [0, 0.1) is 0 Å². The molecule has 3 N–H and O–H groups in total. The van der Waals surface area contributed by atoms with E-state index in [4.69, 9.17) is 5.73 Å². The van der Waals surface area contributed by atoms with E-state index in [2.05, 4.69) is 16.9 Å². The zero-order valence-corrected chi connectivity index (χ0v) is 7.65. The molecule has 0 aliphatic heterocycles. The molecule has 66 valence electrons. The van der Waals surface area contributed by atoms with Gasteiger partial charge in [0, 0.05) is 6.07 Å². The maximum atomic E-state index is 10.9. The van der Waals surface area contributed by atoms with Crippen molar-refractivity contribution in [1.82, 2.24) is 9.97 Å². The monoisotopic (exact) mass is 185 g/mol. The first-order valence-corrected chi connectivity index (χ1v) is 4.81. The van der Waals surface area contributed by atoms with Crippen LogP contribution in [0.25, 0.3) is 0 Å². The molecule has 0 aliphatic rings. The van der Waals surface area contributed by atoms with Crippen LogP contribution in [0.3, 0.4) is 0 Å². The van der Waals surface area contributed by atoms with Gasteiger partial charge in [-0.3, -0.25) is 4.79 Å². The van der Waals surface area contributed by atoms with Crippen molar-refractivity contribution in [3.05, 3.63) is 22.2 Å². The number of nitrogens with two attached hydrogens (primary N) is 1. The molecule has 0 atom stereocenters. The summed E-state index contributed by atoms with van der Waals surface area (Å²) in [4.78, 5) is 17.5. The third kappa shape index (κ3) is 2.58. The fourth-order valence-electron chi connectivity index (χ4n) is 0.796. The molecular weight excluding hydrogens is 174 g/mol. The average Bonchev–Trinajstić information content (AvgIpc) is 1.99. The summed E-state index contributed by atoms with van der Waals surface area (Å²) in [5.41, 5.74) is 5.20. The Bertz CT molecular complexity index is 310. The van der Waals surface area contributed by atoms with E-state index in [1.54, 1.807) is 11.8 Å². The molecular formula is C7H11N3OS. The van der Waals surface area contributed by atoms with Crippen LogP contribution in [0.1, 0.15) is 12.7 Å². The number of H-pyrrole nitrogens is 1. The summed E-state index contributed by atoms with van der Waals surface area (Å²) in [6, 6.07) is 1.28. The summed E-state index contributed by atoms with van der Waals surface area (Å²) in [5, 5.41) is 0. The molecule has 0 aliphatic carbocycles. The molecule has 1 aromatic heterocycles. The summed E-state index contributed by atoms with van der Waals surface area (Å²) in [5.74, 6) is 2.63. The van der Waals surface area contributed by atoms with Gasteiger partial charge in [-0.05, 0) is 5.75 Å².